The van der Waals surface area contributed by atoms with Gasteiger partial charge in [0, 0.05) is 11.1 Å². The van der Waals surface area contributed by atoms with Crippen molar-refractivity contribution in [3.8, 4) is 5.75 Å². The SMILES string of the molecule is COc1ccc(C2=NC(C(=O)NCO)c3cccc(Cl)c3N2)cc1. The van der Waals surface area contributed by atoms with Crippen molar-refractivity contribution in [2.24, 2.45) is 4.99 Å². The van der Waals surface area contributed by atoms with Gasteiger partial charge in [-0.05, 0) is 30.3 Å². The van der Waals surface area contributed by atoms with Crippen LogP contribution in [-0.4, -0.2) is 30.7 Å². The number of amidine groups is 1. The minimum absolute atomic E-state index is 0.395. The Hall–Kier alpha value is -2.57. The number of para-hydroxylation sites is 1. The van der Waals surface area contributed by atoms with Crippen LogP contribution in [0.2, 0.25) is 5.02 Å². The zero-order chi connectivity index (χ0) is 17.1. The lowest BCUT2D eigenvalue weighted by Crippen LogP contribution is -2.33. The molecule has 2 aromatic rings. The molecule has 0 saturated heterocycles. The number of benzene rings is 2. The molecule has 3 N–H and O–H groups in total. The molecule has 0 fully saturated rings. The van der Waals surface area contributed by atoms with E-state index in [4.69, 9.17) is 21.4 Å². The first-order valence-electron chi connectivity index (χ1n) is 7.30. The van der Waals surface area contributed by atoms with Crippen molar-refractivity contribution in [1.82, 2.24) is 5.32 Å². The number of methoxy groups -OCH3 is 1. The molecule has 24 heavy (non-hydrogen) atoms. The number of carbonyl (C=O) groups is 1. The number of aliphatic hydroxyl groups excluding tert-OH is 1. The summed E-state index contributed by atoms with van der Waals surface area (Å²) in [6.45, 7) is -0.452. The summed E-state index contributed by atoms with van der Waals surface area (Å²) in [7, 11) is 1.59. The number of aliphatic hydroxyl groups is 1. The quantitative estimate of drug-likeness (QED) is 0.743. The number of aliphatic imine (C=N–C) groups is 1. The molecule has 1 heterocycles. The predicted molar refractivity (Wildman–Crippen MR) is 92.6 cm³/mol. The average molecular weight is 346 g/mol. The maximum absolute atomic E-state index is 12.3. The van der Waals surface area contributed by atoms with Crippen molar-refractivity contribution in [2.45, 2.75) is 6.04 Å². The predicted octanol–water partition coefficient (Wildman–Crippen LogP) is 2.33. The topological polar surface area (TPSA) is 83.0 Å². The summed E-state index contributed by atoms with van der Waals surface area (Å²) in [4.78, 5) is 16.8. The number of nitrogens with one attached hydrogen (secondary N) is 2. The number of rotatable bonds is 4. The lowest BCUT2D eigenvalue weighted by Gasteiger charge is -2.25. The molecule has 1 aliphatic heterocycles. The molecule has 2 aromatic carbocycles. The van der Waals surface area contributed by atoms with Crippen molar-refractivity contribution < 1.29 is 14.6 Å². The number of carbonyl (C=O) groups excluding carboxylic acids is 1. The molecule has 3 rings (SSSR count). The molecule has 0 aliphatic carbocycles. The van der Waals surface area contributed by atoms with Crippen LogP contribution in [0, 0.1) is 0 Å². The highest BCUT2D eigenvalue weighted by Gasteiger charge is 2.29. The Morgan fingerprint density at radius 1 is 1.33 bits per heavy atom. The number of fused-ring (bicyclic) bond motifs is 1. The molecule has 0 saturated carbocycles. The molecular formula is C17H16ClN3O3. The van der Waals surface area contributed by atoms with Crippen LogP contribution in [0.5, 0.6) is 5.75 Å². The van der Waals surface area contributed by atoms with Crippen LogP contribution >= 0.6 is 11.6 Å². The van der Waals surface area contributed by atoms with Crippen LogP contribution < -0.4 is 15.4 Å². The van der Waals surface area contributed by atoms with Crippen LogP contribution in [0.4, 0.5) is 5.69 Å². The van der Waals surface area contributed by atoms with Crippen molar-refractivity contribution in [2.75, 3.05) is 19.2 Å². The van der Waals surface area contributed by atoms with Gasteiger partial charge in [-0.2, -0.15) is 0 Å². The highest BCUT2D eigenvalue weighted by Crippen LogP contribution is 2.36. The van der Waals surface area contributed by atoms with E-state index < -0.39 is 18.7 Å². The summed E-state index contributed by atoms with van der Waals surface area (Å²) >= 11 is 6.27. The van der Waals surface area contributed by atoms with Crippen LogP contribution in [0.25, 0.3) is 0 Å². The molecule has 6 nitrogen and oxygen atoms in total. The second-order valence-electron chi connectivity index (χ2n) is 5.14. The van der Waals surface area contributed by atoms with E-state index in [0.29, 0.717) is 22.1 Å². The minimum atomic E-state index is -0.788. The molecule has 1 unspecified atom stereocenters. The zero-order valence-electron chi connectivity index (χ0n) is 12.9. The monoisotopic (exact) mass is 345 g/mol. The molecule has 0 bridgehead atoms. The van der Waals surface area contributed by atoms with Gasteiger partial charge < -0.3 is 20.5 Å². The minimum Gasteiger partial charge on any atom is -0.497 e. The molecule has 0 radical (unpaired) electrons. The van der Waals surface area contributed by atoms with E-state index >= 15 is 0 Å². The average Bonchev–Trinajstić information content (AvgIpc) is 2.61. The Kier molecular flexibility index (Phi) is 4.69. The van der Waals surface area contributed by atoms with Crippen molar-refractivity contribution in [3.05, 3.63) is 58.6 Å². The van der Waals surface area contributed by atoms with Gasteiger partial charge in [0.25, 0.3) is 5.91 Å². The smallest absolute Gasteiger partial charge is 0.251 e. The fraction of sp³-hybridized carbons (Fsp3) is 0.176. The van der Waals surface area contributed by atoms with Gasteiger partial charge in [0.1, 0.15) is 18.3 Å². The van der Waals surface area contributed by atoms with Gasteiger partial charge in [-0.15, -0.1) is 0 Å². The molecule has 1 atom stereocenters. The number of nitrogens with zero attached hydrogens (tertiary/aromatic N) is 1. The number of halogens is 1. The van der Waals surface area contributed by atoms with Gasteiger partial charge in [-0.3, -0.25) is 4.79 Å². The first-order valence-corrected chi connectivity index (χ1v) is 7.68. The second kappa shape index (κ2) is 6.90. The summed E-state index contributed by atoms with van der Waals surface area (Å²) < 4.78 is 5.15. The Labute approximate surface area is 144 Å². The first kappa shape index (κ1) is 16.3. The summed E-state index contributed by atoms with van der Waals surface area (Å²) in [5.41, 5.74) is 2.09. The van der Waals surface area contributed by atoms with Crippen LogP contribution in [0.15, 0.2) is 47.5 Å². The maximum atomic E-state index is 12.3. The molecule has 124 valence electrons. The molecule has 0 spiro atoms. The summed E-state index contributed by atoms with van der Waals surface area (Å²) in [6, 6.07) is 11.8. The Balaban J connectivity index is 2.04. The molecular weight excluding hydrogens is 330 g/mol. The number of amides is 1. The van der Waals surface area contributed by atoms with Gasteiger partial charge in [-0.25, -0.2) is 4.99 Å². The molecule has 1 amide bonds. The van der Waals surface area contributed by atoms with E-state index in [9.17, 15) is 4.79 Å². The third-order valence-electron chi connectivity index (χ3n) is 3.71. The lowest BCUT2D eigenvalue weighted by molar-refractivity contribution is -0.123. The first-order chi connectivity index (χ1) is 11.6. The summed E-state index contributed by atoms with van der Waals surface area (Å²) in [6.07, 6.45) is 0. The van der Waals surface area contributed by atoms with E-state index in [2.05, 4.69) is 15.6 Å². The zero-order valence-corrected chi connectivity index (χ0v) is 13.7. The Morgan fingerprint density at radius 2 is 2.08 bits per heavy atom. The van der Waals surface area contributed by atoms with E-state index in [0.717, 1.165) is 11.3 Å². The van der Waals surface area contributed by atoms with Crippen molar-refractivity contribution in [3.63, 3.8) is 0 Å². The highest BCUT2D eigenvalue weighted by atomic mass is 35.5. The van der Waals surface area contributed by atoms with E-state index in [1.54, 1.807) is 25.3 Å². The van der Waals surface area contributed by atoms with E-state index in [1.807, 2.05) is 24.3 Å². The lowest BCUT2D eigenvalue weighted by atomic mass is 10.0. The van der Waals surface area contributed by atoms with Gasteiger partial charge in [0.2, 0.25) is 0 Å². The third kappa shape index (κ3) is 3.06. The number of ether oxygens (including phenoxy) is 1. The maximum Gasteiger partial charge on any atom is 0.251 e. The second-order valence-corrected chi connectivity index (χ2v) is 5.54. The van der Waals surface area contributed by atoms with Gasteiger partial charge in [0.15, 0.2) is 6.04 Å². The summed E-state index contributed by atoms with van der Waals surface area (Å²) in [5.74, 6) is 0.855. The van der Waals surface area contributed by atoms with E-state index in [1.165, 1.54) is 0 Å². The van der Waals surface area contributed by atoms with Gasteiger partial charge in [0.05, 0.1) is 17.8 Å². The van der Waals surface area contributed by atoms with Crippen LogP contribution in [0.3, 0.4) is 0 Å². The normalized spacial score (nSPS) is 15.8. The standard InChI is InChI=1S/C17H16ClN3O3/c1-24-11-7-5-10(6-8-11)16-20-14-12(3-2-4-13(14)18)15(21-16)17(23)19-9-22/h2-8,15,22H,9H2,1H3,(H,19,23)(H,20,21). The van der Waals surface area contributed by atoms with Crippen LogP contribution in [0.1, 0.15) is 17.2 Å². The third-order valence-corrected chi connectivity index (χ3v) is 4.02. The van der Waals surface area contributed by atoms with Crippen LogP contribution in [-0.2, 0) is 4.79 Å². The molecule has 0 aromatic heterocycles. The number of anilines is 1. The fourth-order valence-electron chi connectivity index (χ4n) is 2.52. The fourth-order valence-corrected chi connectivity index (χ4v) is 2.75. The highest BCUT2D eigenvalue weighted by molar-refractivity contribution is 6.34. The summed E-state index contributed by atoms with van der Waals surface area (Å²) in [5, 5.41) is 15.0. The Bertz CT molecular complexity index is 790. The number of hydrogen-bond donors (Lipinski definition) is 3. The van der Waals surface area contributed by atoms with Gasteiger partial charge in [-0.1, -0.05) is 23.7 Å². The number of hydrogen-bond acceptors (Lipinski definition) is 5. The van der Waals surface area contributed by atoms with Crippen molar-refractivity contribution in [1.29, 1.82) is 0 Å². The Morgan fingerprint density at radius 3 is 2.75 bits per heavy atom. The van der Waals surface area contributed by atoms with Crippen molar-refractivity contribution >= 4 is 29.0 Å². The van der Waals surface area contributed by atoms with Gasteiger partial charge >= 0.3 is 0 Å². The van der Waals surface area contributed by atoms with E-state index in [-0.39, 0.29) is 0 Å². The molecule has 1 aliphatic rings. The molecule has 7 heteroatoms. The largest absolute Gasteiger partial charge is 0.497 e.